The van der Waals surface area contributed by atoms with Crippen molar-refractivity contribution in [1.29, 1.82) is 0 Å². The van der Waals surface area contributed by atoms with E-state index in [2.05, 4.69) is 61.2 Å². The average Bonchev–Trinajstić information content (AvgIpc) is 2.61. The van der Waals surface area contributed by atoms with Gasteiger partial charge in [-0.05, 0) is 35.8 Å². The smallest absolute Gasteiger partial charge is 0.0327 e. The van der Waals surface area contributed by atoms with E-state index < -0.39 is 0 Å². The van der Waals surface area contributed by atoms with E-state index in [1.807, 2.05) is 48.5 Å². The number of hydrogen-bond donors (Lipinski definition) is 0. The van der Waals surface area contributed by atoms with Gasteiger partial charge in [0, 0.05) is 11.1 Å². The summed E-state index contributed by atoms with van der Waals surface area (Å²) >= 11 is 0. The van der Waals surface area contributed by atoms with E-state index in [1.165, 1.54) is 5.56 Å². The third-order valence-corrected chi connectivity index (χ3v) is 3.67. The Bertz CT molecular complexity index is 860. The Morgan fingerprint density at radius 3 is 2.04 bits per heavy atom. The van der Waals surface area contributed by atoms with Gasteiger partial charge in [-0.3, -0.25) is 0 Å². The summed E-state index contributed by atoms with van der Waals surface area (Å²) in [5, 5.41) is 0. The van der Waals surface area contributed by atoms with Gasteiger partial charge in [-0.25, -0.2) is 0 Å². The van der Waals surface area contributed by atoms with Gasteiger partial charge in [0.1, 0.15) is 0 Å². The van der Waals surface area contributed by atoms with Crippen LogP contribution >= 0.6 is 0 Å². The van der Waals surface area contributed by atoms with Gasteiger partial charge < -0.3 is 0 Å². The molecule has 0 aromatic heterocycles. The second-order valence-corrected chi connectivity index (χ2v) is 5.40. The molecule has 0 atom stereocenters. The molecule has 0 aliphatic carbocycles. The van der Waals surface area contributed by atoms with E-state index >= 15 is 0 Å². The van der Waals surface area contributed by atoms with E-state index in [0.717, 1.165) is 22.3 Å². The maximum Gasteiger partial charge on any atom is 0.0327 e. The molecule has 0 heterocycles. The van der Waals surface area contributed by atoms with E-state index in [4.69, 9.17) is 0 Å². The van der Waals surface area contributed by atoms with Gasteiger partial charge in [0.25, 0.3) is 0 Å². The molecule has 0 spiro atoms. The molecule has 3 rings (SSSR count). The number of aryl methyl sites for hydroxylation is 1. The van der Waals surface area contributed by atoms with Crippen LogP contribution in [0.1, 0.15) is 22.3 Å². The quantitative estimate of drug-likeness (QED) is 0.427. The molecule has 0 unspecified atom stereocenters. The number of allylic oxidation sites excluding steroid dienone is 1. The highest BCUT2D eigenvalue weighted by Gasteiger charge is 1.99. The van der Waals surface area contributed by atoms with Crippen molar-refractivity contribution in [1.82, 2.24) is 0 Å². The minimum Gasteiger partial charge on any atom is -0.0622 e. The van der Waals surface area contributed by atoms with Crippen molar-refractivity contribution < 1.29 is 0 Å². The topological polar surface area (TPSA) is 0 Å². The lowest BCUT2D eigenvalue weighted by Gasteiger charge is -2.02. The summed E-state index contributed by atoms with van der Waals surface area (Å²) in [6.07, 6.45) is 2.14. The first-order valence-electron chi connectivity index (χ1n) is 7.73. The van der Waals surface area contributed by atoms with Gasteiger partial charge >= 0.3 is 0 Å². The molecule has 3 aromatic carbocycles. The van der Waals surface area contributed by atoms with Crippen molar-refractivity contribution in [2.75, 3.05) is 0 Å². The van der Waals surface area contributed by atoms with Crippen LogP contribution in [0.25, 0.3) is 11.6 Å². The molecule has 0 heteroatoms. The Balaban J connectivity index is 2.04. The summed E-state index contributed by atoms with van der Waals surface area (Å²) in [5.74, 6) is 6.67. The van der Waals surface area contributed by atoms with E-state index in [0.29, 0.717) is 0 Å². The van der Waals surface area contributed by atoms with Crippen LogP contribution in [0, 0.1) is 18.8 Å². The predicted octanol–water partition coefficient (Wildman–Crippen LogP) is 5.59. The molecule has 0 bridgehead atoms. The lowest BCUT2D eigenvalue weighted by molar-refractivity contribution is 1.44. The lowest BCUT2D eigenvalue weighted by atomic mass is 10.0. The lowest BCUT2D eigenvalue weighted by Crippen LogP contribution is -1.84. The SMILES string of the molecule is Cc1ccccc1C#C/C(=C/c1ccccc1)c1ccccc1. The van der Waals surface area contributed by atoms with Crippen LogP contribution in [-0.2, 0) is 0 Å². The van der Waals surface area contributed by atoms with Crippen LogP contribution in [0.5, 0.6) is 0 Å². The Morgan fingerprint density at radius 1 is 0.739 bits per heavy atom. The van der Waals surface area contributed by atoms with Crippen LogP contribution in [0.4, 0.5) is 0 Å². The van der Waals surface area contributed by atoms with Crippen LogP contribution in [0.2, 0.25) is 0 Å². The van der Waals surface area contributed by atoms with Gasteiger partial charge in [0.2, 0.25) is 0 Å². The van der Waals surface area contributed by atoms with Crippen LogP contribution < -0.4 is 0 Å². The minimum atomic E-state index is 1.03. The maximum atomic E-state index is 3.35. The standard InChI is InChI=1S/C23H18/c1-19-10-8-9-13-21(19)16-17-23(22-14-6-3-7-15-22)18-20-11-4-2-5-12-20/h2-15,18H,1H3/b23-18-. The third-order valence-electron chi connectivity index (χ3n) is 3.67. The fourth-order valence-corrected chi connectivity index (χ4v) is 2.37. The highest BCUT2D eigenvalue weighted by molar-refractivity contribution is 5.91. The molecule has 0 aliphatic heterocycles. The Kier molecular flexibility index (Phi) is 4.72. The molecular formula is C23H18. The summed E-state index contributed by atoms with van der Waals surface area (Å²) in [6, 6.07) is 28.8. The van der Waals surface area contributed by atoms with Crippen LogP contribution in [-0.4, -0.2) is 0 Å². The number of benzene rings is 3. The van der Waals surface area contributed by atoms with Crippen LogP contribution in [0.3, 0.4) is 0 Å². The summed E-state index contributed by atoms with van der Waals surface area (Å²) in [7, 11) is 0. The molecule has 0 fully saturated rings. The van der Waals surface area contributed by atoms with E-state index in [1.54, 1.807) is 0 Å². The van der Waals surface area contributed by atoms with E-state index in [-0.39, 0.29) is 0 Å². The average molecular weight is 294 g/mol. The van der Waals surface area contributed by atoms with Gasteiger partial charge in [0.15, 0.2) is 0 Å². The van der Waals surface area contributed by atoms with Gasteiger partial charge in [-0.1, -0.05) is 90.7 Å². The maximum absolute atomic E-state index is 3.35. The van der Waals surface area contributed by atoms with Crippen molar-refractivity contribution in [3.8, 4) is 11.8 Å². The summed E-state index contributed by atoms with van der Waals surface area (Å²) in [5.41, 5.74) is 5.59. The summed E-state index contributed by atoms with van der Waals surface area (Å²) in [4.78, 5) is 0. The highest BCUT2D eigenvalue weighted by atomic mass is 14.0. The molecule has 0 N–H and O–H groups in total. The molecule has 0 radical (unpaired) electrons. The molecule has 0 nitrogen and oxygen atoms in total. The molecule has 3 aromatic rings. The first kappa shape index (κ1) is 14.9. The predicted molar refractivity (Wildman–Crippen MR) is 98.8 cm³/mol. The summed E-state index contributed by atoms with van der Waals surface area (Å²) < 4.78 is 0. The van der Waals surface area contributed by atoms with E-state index in [9.17, 15) is 0 Å². The first-order valence-corrected chi connectivity index (χ1v) is 7.73. The van der Waals surface area contributed by atoms with Crippen molar-refractivity contribution in [2.24, 2.45) is 0 Å². The molecule has 110 valence electrons. The monoisotopic (exact) mass is 294 g/mol. The summed E-state index contributed by atoms with van der Waals surface area (Å²) in [6.45, 7) is 2.09. The largest absolute Gasteiger partial charge is 0.0622 e. The van der Waals surface area contributed by atoms with Gasteiger partial charge in [-0.15, -0.1) is 0 Å². The molecule has 0 saturated heterocycles. The molecular weight excluding hydrogens is 276 g/mol. The van der Waals surface area contributed by atoms with Crippen molar-refractivity contribution >= 4 is 11.6 Å². The molecule has 0 aliphatic rings. The molecule has 0 saturated carbocycles. The zero-order chi connectivity index (χ0) is 15.9. The number of hydrogen-bond acceptors (Lipinski definition) is 0. The first-order chi connectivity index (χ1) is 11.3. The zero-order valence-corrected chi connectivity index (χ0v) is 13.2. The molecule has 23 heavy (non-hydrogen) atoms. The Labute approximate surface area is 138 Å². The van der Waals surface area contributed by atoms with Crippen molar-refractivity contribution in [3.63, 3.8) is 0 Å². The number of rotatable bonds is 2. The Morgan fingerprint density at radius 2 is 1.35 bits per heavy atom. The highest BCUT2D eigenvalue weighted by Crippen LogP contribution is 2.18. The van der Waals surface area contributed by atoms with Crippen LogP contribution in [0.15, 0.2) is 84.9 Å². The minimum absolute atomic E-state index is 1.03. The fourth-order valence-electron chi connectivity index (χ4n) is 2.37. The van der Waals surface area contributed by atoms with Crippen molar-refractivity contribution in [2.45, 2.75) is 6.92 Å². The second kappa shape index (κ2) is 7.29. The van der Waals surface area contributed by atoms with Crippen molar-refractivity contribution in [3.05, 3.63) is 107 Å². The fraction of sp³-hybridized carbons (Fsp3) is 0.0435. The normalized spacial score (nSPS) is 10.7. The Hall–Kier alpha value is -3.04. The van der Waals surface area contributed by atoms with Gasteiger partial charge in [-0.2, -0.15) is 0 Å². The molecule has 0 amide bonds. The zero-order valence-electron chi connectivity index (χ0n) is 13.2. The van der Waals surface area contributed by atoms with Gasteiger partial charge in [0.05, 0.1) is 0 Å². The second-order valence-electron chi connectivity index (χ2n) is 5.40. The third kappa shape index (κ3) is 3.99.